The van der Waals surface area contributed by atoms with E-state index in [-0.39, 0.29) is 0 Å². The summed E-state index contributed by atoms with van der Waals surface area (Å²) in [5.41, 5.74) is 9.96. The first-order chi connectivity index (χ1) is 28.2. The summed E-state index contributed by atoms with van der Waals surface area (Å²) < 4.78 is 2.43. The van der Waals surface area contributed by atoms with Crippen molar-refractivity contribution in [3.8, 4) is 67.5 Å². The molecule has 0 aliphatic heterocycles. The van der Waals surface area contributed by atoms with Crippen LogP contribution in [0.5, 0.6) is 0 Å². The molecule has 0 bridgehead atoms. The Labute approximate surface area is 334 Å². The monoisotopic (exact) mass is 743 g/mol. The van der Waals surface area contributed by atoms with Crippen LogP contribution in [-0.4, -0.2) is 15.0 Å². The maximum atomic E-state index is 5.30. The lowest BCUT2D eigenvalue weighted by Crippen LogP contribution is -2.01. The molecule has 0 aliphatic carbocycles. The van der Waals surface area contributed by atoms with E-state index in [1.165, 1.54) is 64.0 Å². The van der Waals surface area contributed by atoms with Crippen molar-refractivity contribution in [2.75, 3.05) is 0 Å². The first-order valence-corrected chi connectivity index (χ1v) is 20.0. The number of aromatic nitrogens is 3. The largest absolute Gasteiger partial charge is 0.208 e. The van der Waals surface area contributed by atoms with E-state index in [0.29, 0.717) is 17.5 Å². The van der Waals surface area contributed by atoms with Gasteiger partial charge >= 0.3 is 0 Å². The molecule has 11 rings (SSSR count). The normalized spacial score (nSPS) is 11.5. The molecule has 0 saturated heterocycles. The predicted molar refractivity (Wildman–Crippen MR) is 240 cm³/mol. The van der Waals surface area contributed by atoms with Gasteiger partial charge in [0.2, 0.25) is 0 Å². The summed E-state index contributed by atoms with van der Waals surface area (Å²) in [5.74, 6) is 1.96. The molecule has 3 nitrogen and oxygen atoms in total. The molecule has 0 fully saturated rings. The molecule has 0 N–H and O–H groups in total. The van der Waals surface area contributed by atoms with E-state index in [9.17, 15) is 0 Å². The third-order valence-corrected chi connectivity index (χ3v) is 12.2. The highest BCUT2D eigenvalue weighted by Crippen LogP contribution is 2.42. The maximum absolute atomic E-state index is 5.30. The lowest BCUT2D eigenvalue weighted by atomic mass is 9.89. The summed E-state index contributed by atoms with van der Waals surface area (Å²) in [6.45, 7) is 0. The second-order valence-corrected chi connectivity index (χ2v) is 15.4. The molecule has 2 heterocycles. The Hall–Kier alpha value is -7.27. The van der Waals surface area contributed by atoms with E-state index in [1.54, 1.807) is 11.3 Å². The van der Waals surface area contributed by atoms with E-state index < -0.39 is 0 Å². The average Bonchev–Trinajstić information content (AvgIpc) is 3.68. The van der Waals surface area contributed by atoms with Crippen LogP contribution in [-0.2, 0) is 0 Å². The topological polar surface area (TPSA) is 38.7 Å². The lowest BCUT2D eigenvalue weighted by molar-refractivity contribution is 1.08. The van der Waals surface area contributed by atoms with Crippen LogP contribution in [0.25, 0.3) is 109 Å². The third-order valence-electron chi connectivity index (χ3n) is 11.0. The van der Waals surface area contributed by atoms with E-state index >= 15 is 0 Å². The van der Waals surface area contributed by atoms with Crippen molar-refractivity contribution in [2.24, 2.45) is 0 Å². The molecule has 0 aliphatic rings. The molecular formula is C53H33N3S. The number of hydrogen-bond donors (Lipinski definition) is 0. The highest BCUT2D eigenvalue weighted by atomic mass is 32.1. The maximum Gasteiger partial charge on any atom is 0.165 e. The van der Waals surface area contributed by atoms with Crippen molar-refractivity contribution in [1.29, 1.82) is 0 Å². The van der Waals surface area contributed by atoms with Crippen LogP contribution < -0.4 is 0 Å². The quantitative estimate of drug-likeness (QED) is 0.159. The zero-order valence-corrected chi connectivity index (χ0v) is 31.6. The Bertz CT molecular complexity index is 3280. The van der Waals surface area contributed by atoms with Crippen molar-refractivity contribution in [2.45, 2.75) is 0 Å². The Kier molecular flexibility index (Phi) is 8.01. The first kappa shape index (κ1) is 33.1. The minimum Gasteiger partial charge on any atom is -0.208 e. The Morgan fingerprint density at radius 2 is 0.807 bits per heavy atom. The highest BCUT2D eigenvalue weighted by molar-refractivity contribution is 7.26. The summed E-state index contributed by atoms with van der Waals surface area (Å²) in [6.07, 6.45) is 0. The van der Waals surface area contributed by atoms with Crippen LogP contribution in [0, 0.1) is 0 Å². The molecule has 57 heavy (non-hydrogen) atoms. The Morgan fingerprint density at radius 1 is 0.281 bits per heavy atom. The number of benzene rings is 9. The van der Waals surface area contributed by atoms with Gasteiger partial charge in [0.25, 0.3) is 0 Å². The SMILES string of the molecule is c1ccc(-c2ccc(-c3ccc4cc(-c5ccccc5-c5nc(-c6ccccc6)nc(-c6cccc7c6sc6ccccc67)n5)c5ccccc5c4c3)cc2)cc1. The van der Waals surface area contributed by atoms with Crippen LogP contribution in [0.3, 0.4) is 0 Å². The van der Waals surface area contributed by atoms with E-state index in [1.807, 2.05) is 18.2 Å². The number of nitrogens with zero attached hydrogens (tertiary/aromatic N) is 3. The molecule has 0 unspecified atom stereocenters. The third kappa shape index (κ3) is 5.86. The molecule has 4 heteroatoms. The van der Waals surface area contributed by atoms with Crippen LogP contribution in [0.4, 0.5) is 0 Å². The van der Waals surface area contributed by atoms with Gasteiger partial charge in [0.15, 0.2) is 17.5 Å². The summed E-state index contributed by atoms with van der Waals surface area (Å²) >= 11 is 1.79. The van der Waals surface area contributed by atoms with Crippen molar-refractivity contribution in [1.82, 2.24) is 15.0 Å². The van der Waals surface area contributed by atoms with Gasteiger partial charge < -0.3 is 0 Å². The van der Waals surface area contributed by atoms with Crippen molar-refractivity contribution < 1.29 is 0 Å². The van der Waals surface area contributed by atoms with E-state index in [2.05, 4.69) is 182 Å². The fourth-order valence-corrected chi connectivity index (χ4v) is 9.37. The smallest absolute Gasteiger partial charge is 0.165 e. The minimum atomic E-state index is 0.644. The first-order valence-electron chi connectivity index (χ1n) is 19.2. The molecule has 9 aromatic carbocycles. The predicted octanol–water partition coefficient (Wildman–Crippen LogP) is 14.5. The van der Waals surface area contributed by atoms with Gasteiger partial charge in [-0.05, 0) is 79.2 Å². The fourth-order valence-electron chi connectivity index (χ4n) is 8.16. The average molecular weight is 744 g/mol. The van der Waals surface area contributed by atoms with Gasteiger partial charge in [0, 0.05) is 36.9 Å². The second kappa shape index (κ2) is 13.8. The Morgan fingerprint density at radius 3 is 1.58 bits per heavy atom. The molecule has 0 spiro atoms. The van der Waals surface area contributed by atoms with E-state index in [4.69, 9.17) is 15.0 Å². The summed E-state index contributed by atoms with van der Waals surface area (Å²) in [6, 6.07) is 71.1. The molecule has 0 radical (unpaired) electrons. The highest BCUT2D eigenvalue weighted by Gasteiger charge is 2.20. The molecule has 266 valence electrons. The number of hydrogen-bond acceptors (Lipinski definition) is 4. The van der Waals surface area contributed by atoms with Gasteiger partial charge in [-0.15, -0.1) is 11.3 Å². The van der Waals surface area contributed by atoms with Crippen molar-refractivity contribution >= 4 is 53.1 Å². The van der Waals surface area contributed by atoms with Crippen LogP contribution in [0.15, 0.2) is 200 Å². The molecule has 0 saturated carbocycles. The second-order valence-electron chi connectivity index (χ2n) is 14.3. The number of rotatable bonds is 6. The van der Waals surface area contributed by atoms with Crippen LogP contribution >= 0.6 is 11.3 Å². The van der Waals surface area contributed by atoms with Crippen molar-refractivity contribution in [3.63, 3.8) is 0 Å². The molecule has 11 aromatic rings. The van der Waals surface area contributed by atoms with Gasteiger partial charge in [-0.3, -0.25) is 0 Å². The Balaban J connectivity index is 1.07. The van der Waals surface area contributed by atoms with Gasteiger partial charge in [-0.1, -0.05) is 176 Å². The lowest BCUT2D eigenvalue weighted by Gasteiger charge is -2.16. The minimum absolute atomic E-state index is 0.644. The molecular weight excluding hydrogens is 711 g/mol. The zero-order valence-electron chi connectivity index (χ0n) is 30.8. The zero-order chi connectivity index (χ0) is 37.7. The van der Waals surface area contributed by atoms with Crippen molar-refractivity contribution in [3.05, 3.63) is 200 Å². The molecule has 0 atom stereocenters. The van der Waals surface area contributed by atoms with Crippen LogP contribution in [0.1, 0.15) is 0 Å². The van der Waals surface area contributed by atoms with Gasteiger partial charge in [0.05, 0.1) is 0 Å². The summed E-state index contributed by atoms with van der Waals surface area (Å²) in [5, 5.41) is 7.26. The van der Waals surface area contributed by atoms with Gasteiger partial charge in [0.1, 0.15) is 0 Å². The van der Waals surface area contributed by atoms with Crippen LogP contribution in [0.2, 0.25) is 0 Å². The number of thiophene rings is 1. The summed E-state index contributed by atoms with van der Waals surface area (Å²) in [7, 11) is 0. The molecule has 2 aromatic heterocycles. The summed E-state index contributed by atoms with van der Waals surface area (Å²) in [4.78, 5) is 15.7. The van der Waals surface area contributed by atoms with Gasteiger partial charge in [-0.25, -0.2) is 15.0 Å². The fraction of sp³-hybridized carbons (Fsp3) is 0. The number of fused-ring (bicyclic) bond motifs is 6. The molecule has 0 amide bonds. The van der Waals surface area contributed by atoms with E-state index in [0.717, 1.165) is 27.8 Å². The standard InChI is InChI=1S/C53H33N3S/c1-3-14-34(15-4-1)35-26-28-36(29-27-35)38-30-31-39-33-48(41-19-8-7-18-40(41)47(39)32-38)42-20-9-10-22-45(42)52-54-51(37-16-5-2-6-17-37)55-53(56-52)46-24-13-23-44-43-21-11-12-25-49(43)57-50(44)46/h1-33H. The van der Waals surface area contributed by atoms with Gasteiger partial charge in [-0.2, -0.15) is 0 Å².